The molecule has 0 unspecified atom stereocenters. The Morgan fingerprint density at radius 2 is 0.829 bits per heavy atom. The van der Waals surface area contributed by atoms with E-state index in [2.05, 4.69) is 27.7 Å². The van der Waals surface area contributed by atoms with Gasteiger partial charge in [0.05, 0.1) is 26.2 Å². The van der Waals surface area contributed by atoms with Crippen molar-refractivity contribution in [2.75, 3.05) is 26.2 Å². The lowest BCUT2D eigenvalue weighted by Gasteiger charge is -2.36. The fraction of sp³-hybridized carbons (Fsp3) is 0.400. The van der Waals surface area contributed by atoms with Gasteiger partial charge in [-0.3, -0.25) is 0 Å². The molecule has 0 aliphatic rings. The maximum Gasteiger partial charge on any atom is 0.635 e. The predicted molar refractivity (Wildman–Crippen MR) is 147 cm³/mol. The molecule has 0 atom stereocenters. The SMILES string of the molecule is CC[N+](CC)(CC)CC.Cc1ccc(C(OB(O)O)(c2ccc(C)cc2)c2ccc(C)cc2)cc1. The summed E-state index contributed by atoms with van der Waals surface area (Å²) < 4.78 is 7.10. The number of aryl methyl sites for hydroxylation is 3. The van der Waals surface area contributed by atoms with E-state index >= 15 is 0 Å². The van der Waals surface area contributed by atoms with Gasteiger partial charge in [0.25, 0.3) is 0 Å². The van der Waals surface area contributed by atoms with Crippen LogP contribution < -0.4 is 0 Å². The number of quaternary nitrogens is 1. The fourth-order valence-electron chi connectivity index (χ4n) is 4.57. The van der Waals surface area contributed by atoms with E-state index in [9.17, 15) is 10.0 Å². The maximum absolute atomic E-state index is 9.77. The molecule has 0 bridgehead atoms. The van der Waals surface area contributed by atoms with Gasteiger partial charge >= 0.3 is 7.32 Å². The summed E-state index contributed by atoms with van der Waals surface area (Å²) in [4.78, 5) is 0. The maximum atomic E-state index is 9.77. The van der Waals surface area contributed by atoms with Crippen molar-refractivity contribution in [3.8, 4) is 0 Å². The Kier molecular flexibility index (Phi) is 10.7. The molecule has 0 saturated carbocycles. The first-order valence-corrected chi connectivity index (χ1v) is 12.8. The Morgan fingerprint density at radius 1 is 0.571 bits per heavy atom. The molecule has 35 heavy (non-hydrogen) atoms. The lowest BCUT2D eigenvalue weighted by atomic mass is 9.78. The molecule has 3 aromatic rings. The standard InChI is InChI=1S/C22H23BO3.C8H20N/c1-16-4-10-19(11-5-16)22(26-23(24)25,20-12-6-17(2)7-13-20)21-14-8-18(3)9-15-21;1-5-9(6-2,7-3)8-4/h4-15,24-25H,1-3H3;5-8H2,1-4H3/q;+1. The molecule has 0 aliphatic carbocycles. The molecule has 4 nitrogen and oxygen atoms in total. The summed E-state index contributed by atoms with van der Waals surface area (Å²) in [6, 6.07) is 23.8. The van der Waals surface area contributed by atoms with Crippen molar-refractivity contribution in [2.45, 2.75) is 54.1 Å². The number of rotatable bonds is 9. The van der Waals surface area contributed by atoms with Gasteiger partial charge < -0.3 is 19.2 Å². The van der Waals surface area contributed by atoms with E-state index in [4.69, 9.17) is 4.65 Å². The summed E-state index contributed by atoms with van der Waals surface area (Å²) in [6.45, 7) is 20.3. The van der Waals surface area contributed by atoms with Crippen LogP contribution in [-0.4, -0.2) is 48.0 Å². The number of nitrogens with zero attached hydrogens (tertiary/aromatic N) is 1. The normalized spacial score (nSPS) is 11.6. The average molecular weight is 476 g/mol. The van der Waals surface area contributed by atoms with Crippen molar-refractivity contribution in [1.29, 1.82) is 0 Å². The molecule has 3 aromatic carbocycles. The Hall–Kier alpha value is -2.44. The molecule has 0 spiro atoms. The summed E-state index contributed by atoms with van der Waals surface area (Å²) >= 11 is 0. The van der Waals surface area contributed by atoms with Crippen LogP contribution in [0, 0.1) is 20.8 Å². The van der Waals surface area contributed by atoms with Gasteiger partial charge in [0, 0.05) is 0 Å². The summed E-state index contributed by atoms with van der Waals surface area (Å²) in [6.07, 6.45) is 0. The minimum atomic E-state index is -1.92. The first-order chi connectivity index (χ1) is 16.7. The smallest absolute Gasteiger partial charge is 0.402 e. The highest BCUT2D eigenvalue weighted by Crippen LogP contribution is 2.41. The zero-order chi connectivity index (χ0) is 26.1. The van der Waals surface area contributed by atoms with Crippen LogP contribution in [0.25, 0.3) is 0 Å². The van der Waals surface area contributed by atoms with Crippen LogP contribution in [-0.2, 0) is 10.3 Å². The van der Waals surface area contributed by atoms with Crippen molar-refractivity contribution < 1.29 is 19.2 Å². The third kappa shape index (κ3) is 7.05. The summed E-state index contributed by atoms with van der Waals surface area (Å²) in [5.41, 5.74) is 4.76. The van der Waals surface area contributed by atoms with Gasteiger partial charge in [-0.1, -0.05) is 89.5 Å². The molecule has 2 N–H and O–H groups in total. The molecule has 0 fully saturated rings. The van der Waals surface area contributed by atoms with Gasteiger partial charge in [0.2, 0.25) is 0 Å². The van der Waals surface area contributed by atoms with Crippen LogP contribution in [0.15, 0.2) is 72.8 Å². The minimum absolute atomic E-state index is 0.837. The highest BCUT2D eigenvalue weighted by atomic mass is 16.6. The molecule has 0 aliphatic heterocycles. The first-order valence-electron chi connectivity index (χ1n) is 12.8. The predicted octanol–water partition coefficient (Wildman–Crippen LogP) is 5.77. The lowest BCUT2D eigenvalue weighted by Crippen LogP contribution is -2.47. The van der Waals surface area contributed by atoms with Gasteiger partial charge in [0.1, 0.15) is 5.60 Å². The quantitative estimate of drug-likeness (QED) is 0.234. The highest BCUT2D eigenvalue weighted by molar-refractivity contribution is 6.33. The Bertz CT molecular complexity index is 883. The Morgan fingerprint density at radius 3 is 1.00 bits per heavy atom. The van der Waals surface area contributed by atoms with Crippen molar-refractivity contribution in [1.82, 2.24) is 0 Å². The topological polar surface area (TPSA) is 49.7 Å². The monoisotopic (exact) mass is 476 g/mol. The molecular weight excluding hydrogens is 433 g/mol. The minimum Gasteiger partial charge on any atom is -0.402 e. The second-order valence-electron chi connectivity index (χ2n) is 9.33. The third-order valence-corrected chi connectivity index (χ3v) is 7.34. The second kappa shape index (κ2) is 13.0. The summed E-state index contributed by atoms with van der Waals surface area (Å²) in [5.74, 6) is 0. The van der Waals surface area contributed by atoms with E-state index in [0.29, 0.717) is 0 Å². The van der Waals surface area contributed by atoms with E-state index in [1.807, 2.05) is 93.6 Å². The van der Waals surface area contributed by atoms with Crippen molar-refractivity contribution in [3.63, 3.8) is 0 Å². The fourth-order valence-corrected chi connectivity index (χ4v) is 4.57. The zero-order valence-electron chi connectivity index (χ0n) is 22.6. The largest absolute Gasteiger partial charge is 0.635 e. The van der Waals surface area contributed by atoms with Crippen LogP contribution in [0.4, 0.5) is 0 Å². The summed E-state index contributed by atoms with van der Waals surface area (Å²) in [7, 11) is -1.92. The average Bonchev–Trinajstić information content (AvgIpc) is 2.86. The van der Waals surface area contributed by atoms with Crippen LogP contribution >= 0.6 is 0 Å². The Labute approximate surface area is 213 Å². The molecule has 0 amide bonds. The number of benzene rings is 3. The van der Waals surface area contributed by atoms with E-state index in [1.165, 1.54) is 30.7 Å². The molecule has 0 saturated heterocycles. The molecule has 0 radical (unpaired) electrons. The van der Waals surface area contributed by atoms with Crippen LogP contribution in [0.1, 0.15) is 61.1 Å². The molecule has 188 valence electrons. The van der Waals surface area contributed by atoms with Crippen LogP contribution in [0.3, 0.4) is 0 Å². The van der Waals surface area contributed by atoms with Gasteiger partial charge in [-0.05, 0) is 65.2 Å². The highest BCUT2D eigenvalue weighted by Gasteiger charge is 2.40. The van der Waals surface area contributed by atoms with Gasteiger partial charge in [-0.15, -0.1) is 0 Å². The molecule has 0 heterocycles. The Balaban J connectivity index is 0.000000410. The molecule has 3 rings (SSSR count). The molecular formula is C30H43BNO3+. The van der Waals surface area contributed by atoms with Crippen LogP contribution in [0.2, 0.25) is 0 Å². The molecule has 5 heteroatoms. The first kappa shape index (κ1) is 28.8. The van der Waals surface area contributed by atoms with Crippen molar-refractivity contribution in [3.05, 3.63) is 106 Å². The second-order valence-corrected chi connectivity index (χ2v) is 9.33. The third-order valence-electron chi connectivity index (χ3n) is 7.34. The van der Waals surface area contributed by atoms with E-state index in [0.717, 1.165) is 33.4 Å². The lowest BCUT2D eigenvalue weighted by molar-refractivity contribution is -0.921. The zero-order valence-corrected chi connectivity index (χ0v) is 22.6. The molecule has 0 aromatic heterocycles. The van der Waals surface area contributed by atoms with Gasteiger partial charge in [-0.25, -0.2) is 0 Å². The van der Waals surface area contributed by atoms with E-state index < -0.39 is 12.9 Å². The summed E-state index contributed by atoms with van der Waals surface area (Å²) in [5, 5.41) is 19.5. The van der Waals surface area contributed by atoms with Gasteiger partial charge in [-0.2, -0.15) is 0 Å². The van der Waals surface area contributed by atoms with Gasteiger partial charge in [0.15, 0.2) is 0 Å². The number of hydrogen-bond acceptors (Lipinski definition) is 3. The van der Waals surface area contributed by atoms with Crippen molar-refractivity contribution in [2.24, 2.45) is 0 Å². The number of hydrogen-bond donors (Lipinski definition) is 2. The van der Waals surface area contributed by atoms with E-state index in [-0.39, 0.29) is 0 Å². The van der Waals surface area contributed by atoms with E-state index in [1.54, 1.807) is 0 Å². The van der Waals surface area contributed by atoms with Crippen molar-refractivity contribution >= 4 is 7.32 Å². The van der Waals surface area contributed by atoms with Crippen LogP contribution in [0.5, 0.6) is 0 Å².